The Hall–Kier alpha value is -1.86. The van der Waals surface area contributed by atoms with Crippen molar-refractivity contribution in [3.05, 3.63) is 51.7 Å². The highest BCUT2D eigenvalue weighted by atomic mass is 32.2. The number of anilines is 1. The maximum atomic E-state index is 13.7. The predicted molar refractivity (Wildman–Crippen MR) is 111 cm³/mol. The molecule has 1 aromatic carbocycles. The lowest BCUT2D eigenvalue weighted by Crippen LogP contribution is -2.50. The maximum Gasteiger partial charge on any atom is 0.263 e. The molecule has 0 atom stereocenters. The number of piperidine rings is 1. The molecular weight excluding hydrogens is 392 g/mol. The molecule has 7 heteroatoms. The van der Waals surface area contributed by atoms with Crippen molar-refractivity contribution in [1.29, 1.82) is 0 Å². The van der Waals surface area contributed by atoms with Crippen LogP contribution in [-0.2, 0) is 14.8 Å². The van der Waals surface area contributed by atoms with E-state index in [4.69, 9.17) is 0 Å². The summed E-state index contributed by atoms with van der Waals surface area (Å²) in [7, 11) is -3.48. The first-order chi connectivity index (χ1) is 13.4. The SMILES string of the molecule is Cc1ccc(C(=O)N2CCC3(CC2)c2ccccc2N(CC2CC2)S3(=O)=O)s1. The Morgan fingerprint density at radius 3 is 2.50 bits per heavy atom. The van der Waals surface area contributed by atoms with Crippen LogP contribution in [0.5, 0.6) is 0 Å². The van der Waals surface area contributed by atoms with E-state index >= 15 is 0 Å². The van der Waals surface area contributed by atoms with Crippen LogP contribution in [0.2, 0.25) is 0 Å². The van der Waals surface area contributed by atoms with Gasteiger partial charge in [0.1, 0.15) is 4.75 Å². The first kappa shape index (κ1) is 18.2. The smallest absolute Gasteiger partial charge is 0.263 e. The molecule has 0 N–H and O–H groups in total. The second-order valence-corrected chi connectivity index (χ2v) is 11.7. The molecule has 5 rings (SSSR count). The van der Waals surface area contributed by atoms with Crippen molar-refractivity contribution < 1.29 is 13.2 Å². The van der Waals surface area contributed by atoms with E-state index in [9.17, 15) is 13.2 Å². The summed E-state index contributed by atoms with van der Waals surface area (Å²) in [6.45, 7) is 3.53. The highest BCUT2D eigenvalue weighted by Gasteiger charge is 2.57. The number of nitrogens with zero attached hydrogens (tertiary/aromatic N) is 2. The van der Waals surface area contributed by atoms with Gasteiger partial charge in [-0.05, 0) is 62.3 Å². The monoisotopic (exact) mass is 416 g/mol. The Labute approximate surface area is 170 Å². The first-order valence-corrected chi connectivity index (χ1v) is 12.2. The Bertz CT molecular complexity index is 1030. The molecule has 0 bridgehead atoms. The van der Waals surface area contributed by atoms with Crippen molar-refractivity contribution in [2.24, 2.45) is 5.92 Å². The minimum absolute atomic E-state index is 0.0199. The molecular formula is C21H24N2O3S2. The number of amides is 1. The molecule has 148 valence electrons. The van der Waals surface area contributed by atoms with Crippen molar-refractivity contribution in [2.75, 3.05) is 23.9 Å². The number of likely N-dealkylation sites (tertiary alicyclic amines) is 1. The molecule has 1 aromatic heterocycles. The molecule has 2 aliphatic heterocycles. The first-order valence-electron chi connectivity index (χ1n) is 9.90. The largest absolute Gasteiger partial charge is 0.338 e. The number of carbonyl (C=O) groups is 1. The minimum atomic E-state index is -3.48. The van der Waals surface area contributed by atoms with Crippen molar-refractivity contribution in [2.45, 2.75) is 37.4 Å². The minimum Gasteiger partial charge on any atom is -0.338 e. The standard InChI is InChI=1S/C21H24N2O3S2/c1-15-6-9-19(27-15)20(24)22-12-10-21(11-13-22)17-4-2-3-5-18(17)23(28(21,25)26)14-16-7-8-16/h2-6,9,16H,7-8,10-14H2,1H3. The summed E-state index contributed by atoms with van der Waals surface area (Å²) >= 11 is 1.50. The van der Waals surface area contributed by atoms with E-state index in [0.29, 0.717) is 38.4 Å². The number of carbonyl (C=O) groups excluding carboxylic acids is 1. The van der Waals surface area contributed by atoms with Crippen molar-refractivity contribution >= 4 is 33.0 Å². The van der Waals surface area contributed by atoms with Crippen LogP contribution in [0.15, 0.2) is 36.4 Å². The van der Waals surface area contributed by atoms with Gasteiger partial charge in [-0.3, -0.25) is 9.10 Å². The zero-order chi connectivity index (χ0) is 19.5. The molecule has 2 fully saturated rings. The van der Waals surface area contributed by atoms with E-state index in [1.807, 2.05) is 48.2 Å². The van der Waals surface area contributed by atoms with E-state index in [2.05, 4.69) is 0 Å². The lowest BCUT2D eigenvalue weighted by atomic mass is 9.87. The highest BCUT2D eigenvalue weighted by molar-refractivity contribution is 7.94. The molecule has 1 spiro atoms. The van der Waals surface area contributed by atoms with Gasteiger partial charge in [-0.2, -0.15) is 0 Å². The lowest BCUT2D eigenvalue weighted by molar-refractivity contribution is 0.0706. The summed E-state index contributed by atoms with van der Waals surface area (Å²) in [4.78, 5) is 16.5. The molecule has 2 aromatic rings. The number of thiophene rings is 1. The van der Waals surface area contributed by atoms with Crippen LogP contribution in [0.4, 0.5) is 5.69 Å². The third-order valence-electron chi connectivity index (χ3n) is 6.38. The number of hydrogen-bond acceptors (Lipinski definition) is 4. The van der Waals surface area contributed by atoms with Crippen molar-refractivity contribution in [3.8, 4) is 0 Å². The molecule has 1 aliphatic carbocycles. The van der Waals surface area contributed by atoms with Crippen LogP contribution in [0.1, 0.15) is 45.8 Å². The Kier molecular flexibility index (Phi) is 4.11. The van der Waals surface area contributed by atoms with Gasteiger partial charge in [0.2, 0.25) is 10.0 Å². The van der Waals surface area contributed by atoms with E-state index in [0.717, 1.165) is 33.8 Å². The van der Waals surface area contributed by atoms with Crippen LogP contribution in [-0.4, -0.2) is 38.9 Å². The molecule has 1 saturated carbocycles. The zero-order valence-corrected chi connectivity index (χ0v) is 17.6. The topological polar surface area (TPSA) is 57.7 Å². The summed E-state index contributed by atoms with van der Waals surface area (Å²) in [6, 6.07) is 11.6. The van der Waals surface area contributed by atoms with E-state index in [1.165, 1.54) is 11.3 Å². The lowest BCUT2D eigenvalue weighted by Gasteiger charge is -2.39. The Morgan fingerprint density at radius 1 is 1.14 bits per heavy atom. The Balaban J connectivity index is 1.45. The number of aryl methyl sites for hydroxylation is 1. The average molecular weight is 417 g/mol. The van der Waals surface area contributed by atoms with Gasteiger partial charge in [0.15, 0.2) is 0 Å². The summed E-state index contributed by atoms with van der Waals surface area (Å²) in [5, 5.41) is 0. The van der Waals surface area contributed by atoms with Gasteiger partial charge < -0.3 is 4.90 Å². The summed E-state index contributed by atoms with van der Waals surface area (Å²) in [5.41, 5.74) is 1.78. The van der Waals surface area contributed by atoms with Crippen molar-refractivity contribution in [1.82, 2.24) is 4.90 Å². The molecule has 0 radical (unpaired) electrons. The van der Waals surface area contributed by atoms with Gasteiger partial charge in [-0.15, -0.1) is 11.3 Å². The summed E-state index contributed by atoms with van der Waals surface area (Å²) in [5.74, 6) is 0.508. The third kappa shape index (κ3) is 2.63. The third-order valence-corrected chi connectivity index (χ3v) is 9.91. The predicted octanol–water partition coefficient (Wildman–Crippen LogP) is 3.75. The van der Waals surface area contributed by atoms with Gasteiger partial charge in [-0.1, -0.05) is 18.2 Å². The van der Waals surface area contributed by atoms with E-state index < -0.39 is 14.8 Å². The molecule has 1 saturated heterocycles. The van der Waals surface area contributed by atoms with Crippen molar-refractivity contribution in [3.63, 3.8) is 0 Å². The molecule has 3 heterocycles. The van der Waals surface area contributed by atoms with Crippen LogP contribution < -0.4 is 4.31 Å². The van der Waals surface area contributed by atoms with Gasteiger partial charge in [0.25, 0.3) is 5.91 Å². The second-order valence-electron chi connectivity index (χ2n) is 8.19. The average Bonchev–Trinajstić information content (AvgIpc) is 3.39. The zero-order valence-electron chi connectivity index (χ0n) is 15.9. The van der Waals surface area contributed by atoms with Crippen LogP contribution >= 0.6 is 11.3 Å². The van der Waals surface area contributed by atoms with Gasteiger partial charge >= 0.3 is 0 Å². The number of para-hydroxylation sites is 1. The van der Waals surface area contributed by atoms with Crippen LogP contribution in [0, 0.1) is 12.8 Å². The van der Waals surface area contributed by atoms with E-state index in [-0.39, 0.29) is 5.91 Å². The maximum absolute atomic E-state index is 13.7. The fraction of sp³-hybridized carbons (Fsp3) is 0.476. The molecule has 0 unspecified atom stereocenters. The quantitative estimate of drug-likeness (QED) is 0.766. The number of sulfonamides is 1. The van der Waals surface area contributed by atoms with Crippen LogP contribution in [0.25, 0.3) is 0 Å². The number of fused-ring (bicyclic) bond motifs is 2. The summed E-state index contributed by atoms with van der Waals surface area (Å²) < 4.78 is 28.1. The fourth-order valence-corrected chi connectivity index (χ4v) is 7.82. The molecule has 1 amide bonds. The summed E-state index contributed by atoms with van der Waals surface area (Å²) in [6.07, 6.45) is 3.15. The van der Waals surface area contributed by atoms with E-state index in [1.54, 1.807) is 4.31 Å². The fourth-order valence-electron chi connectivity index (χ4n) is 4.59. The van der Waals surface area contributed by atoms with Gasteiger partial charge in [0, 0.05) is 24.5 Å². The normalized spacial score (nSPS) is 22.5. The molecule has 5 nitrogen and oxygen atoms in total. The molecule has 3 aliphatic rings. The number of hydrogen-bond donors (Lipinski definition) is 0. The number of benzene rings is 1. The Morgan fingerprint density at radius 2 is 1.86 bits per heavy atom. The number of rotatable bonds is 3. The van der Waals surface area contributed by atoms with Gasteiger partial charge in [-0.25, -0.2) is 8.42 Å². The molecule has 28 heavy (non-hydrogen) atoms. The second kappa shape index (κ2) is 6.32. The van der Waals surface area contributed by atoms with Gasteiger partial charge in [0.05, 0.1) is 10.6 Å². The van der Waals surface area contributed by atoms with Crippen LogP contribution in [0.3, 0.4) is 0 Å². The highest BCUT2D eigenvalue weighted by Crippen LogP contribution is 2.53.